The number of ether oxygens (including phenoxy) is 3. The highest BCUT2D eigenvalue weighted by atomic mass is 16.6. The minimum atomic E-state index is -0.799. The molecule has 0 saturated heterocycles. The molecule has 0 aliphatic carbocycles. The molecule has 6 nitrogen and oxygen atoms in total. The van der Waals surface area contributed by atoms with Crippen LogP contribution in [0.25, 0.3) is 0 Å². The van der Waals surface area contributed by atoms with Crippen LogP contribution in [0.2, 0.25) is 0 Å². The van der Waals surface area contributed by atoms with Crippen LogP contribution in [0.15, 0.2) is 48.6 Å². The summed E-state index contributed by atoms with van der Waals surface area (Å²) in [7, 11) is 0. The molecule has 0 aromatic carbocycles. The Morgan fingerprint density at radius 3 is 0.762 bits per heavy atom. The zero-order valence-corrected chi connectivity index (χ0v) is 53.9. The van der Waals surface area contributed by atoms with Gasteiger partial charge in [0.2, 0.25) is 0 Å². The van der Waals surface area contributed by atoms with E-state index < -0.39 is 6.10 Å². The van der Waals surface area contributed by atoms with Crippen molar-refractivity contribution in [1.29, 1.82) is 0 Å². The second-order valence-corrected chi connectivity index (χ2v) is 24.1. The van der Waals surface area contributed by atoms with E-state index in [1.54, 1.807) is 0 Å². The molecule has 0 radical (unpaired) electrons. The van der Waals surface area contributed by atoms with Gasteiger partial charge in [-0.2, -0.15) is 0 Å². The van der Waals surface area contributed by atoms with Crippen molar-refractivity contribution in [3.63, 3.8) is 0 Å². The molecule has 0 bridgehead atoms. The molecule has 0 rings (SSSR count). The van der Waals surface area contributed by atoms with Crippen molar-refractivity contribution in [1.82, 2.24) is 0 Å². The van der Waals surface area contributed by atoms with E-state index in [1.165, 1.54) is 276 Å². The van der Waals surface area contributed by atoms with Gasteiger partial charge in [-0.25, -0.2) is 0 Å². The van der Waals surface area contributed by atoms with Crippen LogP contribution >= 0.6 is 0 Å². The first-order valence-corrected chi connectivity index (χ1v) is 35.6. The van der Waals surface area contributed by atoms with Gasteiger partial charge >= 0.3 is 17.9 Å². The van der Waals surface area contributed by atoms with Crippen LogP contribution in [0, 0.1) is 0 Å². The summed E-state index contributed by atoms with van der Waals surface area (Å²) in [5, 5.41) is 0. The van der Waals surface area contributed by atoms with Crippen LogP contribution in [-0.2, 0) is 28.6 Å². The van der Waals surface area contributed by atoms with Crippen LogP contribution in [0.3, 0.4) is 0 Å². The minimum absolute atomic E-state index is 0.0898. The number of carbonyl (C=O) groups excluding carboxylic acids is 3. The average Bonchev–Trinajstić information content (AvgIpc) is 3.46. The molecule has 80 heavy (non-hydrogen) atoms. The lowest BCUT2D eigenvalue weighted by molar-refractivity contribution is -0.166. The highest BCUT2D eigenvalue weighted by molar-refractivity contribution is 5.71. The van der Waals surface area contributed by atoms with Crippen molar-refractivity contribution >= 4 is 17.9 Å². The maximum atomic E-state index is 12.9. The Hall–Kier alpha value is -2.63. The lowest BCUT2D eigenvalue weighted by atomic mass is 10.0. The summed E-state index contributed by atoms with van der Waals surface area (Å²) in [6.45, 7) is 6.54. The maximum absolute atomic E-state index is 12.9. The van der Waals surface area contributed by atoms with Gasteiger partial charge in [0.25, 0.3) is 0 Å². The first-order valence-electron chi connectivity index (χ1n) is 35.6. The number of esters is 3. The molecular formula is C74H136O6. The Morgan fingerprint density at radius 2 is 0.487 bits per heavy atom. The second kappa shape index (κ2) is 68.9. The quantitative estimate of drug-likeness (QED) is 0.0261. The van der Waals surface area contributed by atoms with Gasteiger partial charge in [0, 0.05) is 19.3 Å². The standard InChI is InChI=1S/C74H136O6/c1-4-7-10-13-16-19-22-25-27-29-31-32-33-34-35-36-37-38-39-40-41-43-44-46-49-52-55-58-61-64-67-73(76)79-70-71(69-78-72(75)66-63-60-57-54-51-48-24-21-18-15-12-9-6-3)80-74(77)68-65-62-59-56-53-50-47-45-42-30-28-26-23-20-17-14-11-8-5-2/h9,12,18,21,48,51,57,60,71H,4-8,10-11,13-17,19-20,22-47,49-50,52-56,58-59,61-70H2,1-3H3/b12-9-,21-18-,51-48-,60-57-. The first-order chi connectivity index (χ1) is 39.5. The molecule has 6 heteroatoms. The molecule has 0 amide bonds. The van der Waals surface area contributed by atoms with Gasteiger partial charge in [-0.3, -0.25) is 14.4 Å². The van der Waals surface area contributed by atoms with E-state index in [2.05, 4.69) is 63.3 Å². The third kappa shape index (κ3) is 66.2. The largest absolute Gasteiger partial charge is 0.462 e. The van der Waals surface area contributed by atoms with Crippen LogP contribution in [0.1, 0.15) is 387 Å². The summed E-state index contributed by atoms with van der Waals surface area (Å²) in [4.78, 5) is 38.3. The van der Waals surface area contributed by atoms with Crippen molar-refractivity contribution in [2.45, 2.75) is 393 Å². The highest BCUT2D eigenvalue weighted by Crippen LogP contribution is 2.19. The van der Waals surface area contributed by atoms with Crippen LogP contribution < -0.4 is 0 Å². The minimum Gasteiger partial charge on any atom is -0.462 e. The van der Waals surface area contributed by atoms with Crippen molar-refractivity contribution in [2.24, 2.45) is 0 Å². The number of hydrogen-bond acceptors (Lipinski definition) is 6. The molecule has 0 spiro atoms. The number of unbranched alkanes of at least 4 members (excludes halogenated alkanes) is 47. The predicted octanol–water partition coefficient (Wildman–Crippen LogP) is 24.5. The summed E-state index contributed by atoms with van der Waals surface area (Å²) in [5.41, 5.74) is 0. The maximum Gasteiger partial charge on any atom is 0.306 e. The molecular weight excluding hydrogens is 985 g/mol. The molecule has 0 aliphatic rings. The molecule has 0 heterocycles. The zero-order valence-electron chi connectivity index (χ0n) is 53.9. The third-order valence-corrected chi connectivity index (χ3v) is 16.1. The van der Waals surface area contributed by atoms with E-state index in [-0.39, 0.29) is 37.5 Å². The SMILES string of the molecule is CC/C=C\C/C=C\C/C=C\C/C=C\CCC(=O)OCC(COC(=O)CCCCCCCCCCCCCCCCCCCCCCCCCCCCCCCC)OC(=O)CCCCCCCCCCCCCCCCCCCCC. The Labute approximate surface area is 498 Å². The lowest BCUT2D eigenvalue weighted by Gasteiger charge is -2.18. The summed E-state index contributed by atoms with van der Waals surface area (Å²) in [5.74, 6) is -0.949. The fraction of sp³-hybridized carbons (Fsp3) is 0.851. The smallest absolute Gasteiger partial charge is 0.306 e. The number of allylic oxidation sites excluding steroid dienone is 8. The molecule has 0 fully saturated rings. The van der Waals surface area contributed by atoms with E-state index in [4.69, 9.17) is 14.2 Å². The van der Waals surface area contributed by atoms with Crippen LogP contribution in [0.5, 0.6) is 0 Å². The van der Waals surface area contributed by atoms with E-state index >= 15 is 0 Å². The number of rotatable bonds is 66. The topological polar surface area (TPSA) is 78.9 Å². The Bertz CT molecular complexity index is 1380. The van der Waals surface area contributed by atoms with Crippen molar-refractivity contribution in [2.75, 3.05) is 13.2 Å². The van der Waals surface area contributed by atoms with E-state index in [9.17, 15) is 14.4 Å². The molecule has 468 valence electrons. The van der Waals surface area contributed by atoms with Gasteiger partial charge in [0.05, 0.1) is 0 Å². The fourth-order valence-corrected chi connectivity index (χ4v) is 10.8. The molecule has 0 saturated carbocycles. The van der Waals surface area contributed by atoms with E-state index in [0.29, 0.717) is 19.3 Å². The number of hydrogen-bond donors (Lipinski definition) is 0. The normalized spacial score (nSPS) is 12.3. The van der Waals surface area contributed by atoms with E-state index in [1.807, 2.05) is 6.08 Å². The van der Waals surface area contributed by atoms with Crippen molar-refractivity contribution in [3.05, 3.63) is 48.6 Å². The van der Waals surface area contributed by atoms with Gasteiger partial charge in [0.15, 0.2) is 6.10 Å². The van der Waals surface area contributed by atoms with Crippen molar-refractivity contribution in [3.8, 4) is 0 Å². The zero-order chi connectivity index (χ0) is 57.8. The van der Waals surface area contributed by atoms with Crippen LogP contribution in [0.4, 0.5) is 0 Å². The lowest BCUT2D eigenvalue weighted by Crippen LogP contribution is -2.30. The Kier molecular flexibility index (Phi) is 66.6. The molecule has 0 aliphatic heterocycles. The summed E-state index contributed by atoms with van der Waals surface area (Å²) >= 11 is 0. The molecule has 0 aromatic rings. The Balaban J connectivity index is 4.18. The first kappa shape index (κ1) is 77.4. The molecule has 0 N–H and O–H groups in total. The summed E-state index contributed by atoms with van der Waals surface area (Å²) < 4.78 is 16.9. The van der Waals surface area contributed by atoms with E-state index in [0.717, 1.165) is 64.2 Å². The molecule has 1 unspecified atom stereocenters. The highest BCUT2D eigenvalue weighted by Gasteiger charge is 2.19. The fourth-order valence-electron chi connectivity index (χ4n) is 10.8. The average molecular weight is 1120 g/mol. The predicted molar refractivity (Wildman–Crippen MR) is 349 cm³/mol. The van der Waals surface area contributed by atoms with Crippen LogP contribution in [-0.4, -0.2) is 37.2 Å². The third-order valence-electron chi connectivity index (χ3n) is 16.1. The van der Waals surface area contributed by atoms with Crippen molar-refractivity contribution < 1.29 is 28.6 Å². The Morgan fingerprint density at radius 1 is 0.263 bits per heavy atom. The van der Waals surface area contributed by atoms with Gasteiger partial charge in [-0.1, -0.05) is 371 Å². The molecule has 0 aromatic heterocycles. The van der Waals surface area contributed by atoms with Gasteiger partial charge in [-0.05, 0) is 44.9 Å². The second-order valence-electron chi connectivity index (χ2n) is 24.1. The summed E-state index contributed by atoms with van der Waals surface area (Å²) in [6, 6.07) is 0. The van der Waals surface area contributed by atoms with Gasteiger partial charge < -0.3 is 14.2 Å². The number of carbonyl (C=O) groups is 3. The van der Waals surface area contributed by atoms with Gasteiger partial charge in [0.1, 0.15) is 13.2 Å². The molecule has 1 atom stereocenters. The monoisotopic (exact) mass is 1120 g/mol. The van der Waals surface area contributed by atoms with Gasteiger partial charge in [-0.15, -0.1) is 0 Å². The summed E-state index contributed by atoms with van der Waals surface area (Å²) in [6.07, 6.45) is 87.5.